The van der Waals surface area contributed by atoms with Crippen LogP contribution in [0.3, 0.4) is 0 Å². The fourth-order valence-corrected chi connectivity index (χ4v) is 2.68. The number of hydrogen-bond donors (Lipinski definition) is 1. The molecule has 144 valence electrons. The number of urea groups is 1. The molecule has 1 N–H and O–H groups in total. The van der Waals surface area contributed by atoms with Crippen LogP contribution in [0.5, 0.6) is 11.5 Å². The number of carbonyl (C=O) groups excluding carboxylic acids is 1. The van der Waals surface area contributed by atoms with Crippen molar-refractivity contribution >= 4 is 11.7 Å². The number of hydrogen-bond acceptors (Lipinski definition) is 3. The van der Waals surface area contributed by atoms with Crippen molar-refractivity contribution in [3.8, 4) is 11.5 Å². The molecule has 0 heterocycles. The Morgan fingerprint density at radius 1 is 1.19 bits per heavy atom. The second kappa shape index (κ2) is 8.20. The number of halogens is 3. The van der Waals surface area contributed by atoms with Crippen molar-refractivity contribution in [1.82, 2.24) is 4.90 Å². The summed E-state index contributed by atoms with van der Waals surface area (Å²) in [7, 11) is 1.36. The van der Waals surface area contributed by atoms with Crippen molar-refractivity contribution in [2.24, 2.45) is 0 Å². The molecule has 2 amide bonds. The van der Waals surface area contributed by atoms with Crippen molar-refractivity contribution < 1.29 is 27.4 Å². The molecule has 0 aromatic heterocycles. The Hall–Kier alpha value is -2.90. The van der Waals surface area contributed by atoms with Gasteiger partial charge in [-0.15, -0.1) is 0 Å². The summed E-state index contributed by atoms with van der Waals surface area (Å²) in [6, 6.07) is 9.87. The van der Waals surface area contributed by atoms with Gasteiger partial charge in [0.15, 0.2) is 11.5 Å². The number of methoxy groups -OCH3 is 1. The number of alkyl halides is 2. The maximum atomic E-state index is 13.0. The normalized spacial score (nSPS) is 13.4. The molecule has 2 aromatic rings. The van der Waals surface area contributed by atoms with Gasteiger partial charge in [0.2, 0.25) is 0 Å². The SMILES string of the molecule is COc1cc(CN(C(=O)Nc2ccc(F)cc2)C2CC2)ccc1OC(F)F. The molecule has 2 aromatic carbocycles. The molecule has 8 heteroatoms. The highest BCUT2D eigenvalue weighted by molar-refractivity contribution is 5.89. The molecule has 0 radical (unpaired) electrons. The van der Waals surface area contributed by atoms with E-state index in [1.54, 1.807) is 17.0 Å². The molecule has 0 bridgehead atoms. The Bertz CT molecular complexity index is 795. The summed E-state index contributed by atoms with van der Waals surface area (Å²) in [5.41, 5.74) is 1.21. The molecule has 0 atom stereocenters. The Morgan fingerprint density at radius 2 is 1.89 bits per heavy atom. The van der Waals surface area contributed by atoms with Crippen molar-refractivity contribution in [1.29, 1.82) is 0 Å². The number of anilines is 1. The van der Waals surface area contributed by atoms with Gasteiger partial charge in [-0.3, -0.25) is 0 Å². The second-order valence-electron chi connectivity index (χ2n) is 6.16. The highest BCUT2D eigenvalue weighted by Gasteiger charge is 2.32. The molecule has 0 saturated heterocycles. The summed E-state index contributed by atoms with van der Waals surface area (Å²) < 4.78 is 47.4. The first kappa shape index (κ1) is 18.9. The van der Waals surface area contributed by atoms with Gasteiger partial charge in [-0.1, -0.05) is 6.07 Å². The standard InChI is InChI=1S/C19H19F3N2O3/c1-26-17-10-12(2-9-16(17)27-18(21)22)11-24(15-7-8-15)19(25)23-14-5-3-13(20)4-6-14/h2-6,9-10,15,18H,7-8,11H2,1H3,(H,23,25). The van der Waals surface area contributed by atoms with Gasteiger partial charge in [-0.05, 0) is 54.8 Å². The average molecular weight is 380 g/mol. The molecular formula is C19H19F3N2O3. The van der Waals surface area contributed by atoms with E-state index in [1.165, 1.54) is 37.4 Å². The van der Waals surface area contributed by atoms with Crippen LogP contribution in [0, 0.1) is 5.82 Å². The quantitative estimate of drug-likeness (QED) is 0.762. The third-order valence-corrected chi connectivity index (χ3v) is 4.14. The second-order valence-corrected chi connectivity index (χ2v) is 6.16. The number of rotatable bonds is 7. The summed E-state index contributed by atoms with van der Waals surface area (Å²) >= 11 is 0. The summed E-state index contributed by atoms with van der Waals surface area (Å²) in [6.07, 6.45) is 1.78. The van der Waals surface area contributed by atoms with Crippen molar-refractivity contribution in [3.63, 3.8) is 0 Å². The van der Waals surface area contributed by atoms with Gasteiger partial charge in [0.1, 0.15) is 5.82 Å². The first-order valence-corrected chi connectivity index (χ1v) is 8.41. The number of amides is 2. The van der Waals surface area contributed by atoms with Crippen molar-refractivity contribution in [2.75, 3.05) is 12.4 Å². The van der Waals surface area contributed by atoms with Crippen LogP contribution in [0.1, 0.15) is 18.4 Å². The highest BCUT2D eigenvalue weighted by Crippen LogP contribution is 2.33. The summed E-state index contributed by atoms with van der Waals surface area (Å²) in [4.78, 5) is 14.3. The van der Waals surface area contributed by atoms with Crippen molar-refractivity contribution in [3.05, 3.63) is 53.8 Å². The Morgan fingerprint density at radius 3 is 2.48 bits per heavy atom. The molecule has 1 fully saturated rings. The Balaban J connectivity index is 1.72. The third-order valence-electron chi connectivity index (χ3n) is 4.14. The topological polar surface area (TPSA) is 50.8 Å². The molecule has 27 heavy (non-hydrogen) atoms. The number of carbonyl (C=O) groups is 1. The van der Waals surface area contributed by atoms with E-state index in [9.17, 15) is 18.0 Å². The van der Waals surface area contributed by atoms with Crippen molar-refractivity contribution in [2.45, 2.75) is 32.0 Å². The van der Waals surface area contributed by atoms with Crippen LogP contribution < -0.4 is 14.8 Å². The minimum atomic E-state index is -2.95. The van der Waals surface area contributed by atoms with E-state index in [-0.39, 0.29) is 35.9 Å². The van der Waals surface area contributed by atoms with Gasteiger partial charge in [-0.25, -0.2) is 9.18 Å². The molecule has 0 unspecified atom stereocenters. The zero-order valence-electron chi connectivity index (χ0n) is 14.6. The van der Waals surface area contributed by atoms with Gasteiger partial charge in [0.05, 0.1) is 7.11 Å². The fraction of sp³-hybridized carbons (Fsp3) is 0.316. The smallest absolute Gasteiger partial charge is 0.387 e. The zero-order chi connectivity index (χ0) is 19.4. The lowest BCUT2D eigenvalue weighted by atomic mass is 10.2. The average Bonchev–Trinajstić information content (AvgIpc) is 3.47. The van der Waals surface area contributed by atoms with Crippen LogP contribution in [0.25, 0.3) is 0 Å². The lowest BCUT2D eigenvalue weighted by molar-refractivity contribution is -0.0512. The van der Waals surface area contributed by atoms with Gasteiger partial charge in [0, 0.05) is 18.3 Å². The predicted octanol–water partition coefficient (Wildman–Crippen LogP) is 4.63. The molecule has 1 aliphatic carbocycles. The molecule has 3 rings (SSSR count). The monoisotopic (exact) mass is 380 g/mol. The lowest BCUT2D eigenvalue weighted by Crippen LogP contribution is -2.36. The molecular weight excluding hydrogens is 361 g/mol. The van der Waals surface area contributed by atoms with Crippen LogP contribution >= 0.6 is 0 Å². The van der Waals surface area contributed by atoms with E-state index in [0.29, 0.717) is 5.69 Å². The van der Waals surface area contributed by atoms with E-state index in [2.05, 4.69) is 10.1 Å². The summed E-state index contributed by atoms with van der Waals surface area (Å²) in [6.45, 7) is -2.67. The minimum Gasteiger partial charge on any atom is -0.493 e. The van der Waals surface area contributed by atoms with Crippen LogP contribution in [-0.2, 0) is 6.54 Å². The molecule has 1 saturated carbocycles. The van der Waals surface area contributed by atoms with E-state index in [0.717, 1.165) is 18.4 Å². The van der Waals surface area contributed by atoms with E-state index in [4.69, 9.17) is 4.74 Å². The Kier molecular flexibility index (Phi) is 5.73. The first-order valence-electron chi connectivity index (χ1n) is 8.41. The summed E-state index contributed by atoms with van der Waals surface area (Å²) in [5, 5.41) is 2.74. The van der Waals surface area contributed by atoms with Gasteiger partial charge >= 0.3 is 12.6 Å². The third kappa shape index (κ3) is 5.06. The highest BCUT2D eigenvalue weighted by atomic mass is 19.3. The minimum absolute atomic E-state index is 0.0648. The number of nitrogens with one attached hydrogen (secondary N) is 1. The zero-order valence-corrected chi connectivity index (χ0v) is 14.6. The molecule has 1 aliphatic rings. The number of ether oxygens (including phenoxy) is 2. The van der Waals surface area contributed by atoms with Crippen LogP contribution in [0.15, 0.2) is 42.5 Å². The maximum Gasteiger partial charge on any atom is 0.387 e. The van der Waals surface area contributed by atoms with Crippen LogP contribution in [0.2, 0.25) is 0 Å². The fourth-order valence-electron chi connectivity index (χ4n) is 2.68. The van der Waals surface area contributed by atoms with Crippen LogP contribution in [-0.4, -0.2) is 30.7 Å². The van der Waals surface area contributed by atoms with E-state index < -0.39 is 6.61 Å². The predicted molar refractivity (Wildman–Crippen MR) is 93.6 cm³/mol. The molecule has 0 spiro atoms. The van der Waals surface area contributed by atoms with E-state index >= 15 is 0 Å². The van der Waals surface area contributed by atoms with Crippen LogP contribution in [0.4, 0.5) is 23.7 Å². The summed E-state index contributed by atoms with van der Waals surface area (Å²) in [5.74, 6) is -0.280. The molecule has 0 aliphatic heterocycles. The maximum absolute atomic E-state index is 13.0. The van der Waals surface area contributed by atoms with Gasteiger partial charge in [0.25, 0.3) is 0 Å². The largest absolute Gasteiger partial charge is 0.493 e. The first-order chi connectivity index (χ1) is 13.0. The van der Waals surface area contributed by atoms with Gasteiger partial charge < -0.3 is 19.7 Å². The lowest BCUT2D eigenvalue weighted by Gasteiger charge is -2.23. The number of benzene rings is 2. The number of nitrogens with zero attached hydrogens (tertiary/aromatic N) is 1. The van der Waals surface area contributed by atoms with E-state index in [1.807, 2.05) is 0 Å². The molecule has 5 nitrogen and oxygen atoms in total. The Labute approximate surface area is 154 Å². The van der Waals surface area contributed by atoms with Gasteiger partial charge in [-0.2, -0.15) is 8.78 Å².